The molecule has 128 valence electrons. The maximum Gasteiger partial charge on any atom is 0.249 e. The van der Waals surface area contributed by atoms with Crippen LogP contribution in [0.4, 0.5) is 5.69 Å². The molecule has 0 aliphatic carbocycles. The van der Waals surface area contributed by atoms with E-state index < -0.39 is 6.04 Å². The number of benzene rings is 1. The number of hydrogen-bond acceptors (Lipinski definition) is 3. The van der Waals surface area contributed by atoms with E-state index in [4.69, 9.17) is 5.73 Å². The maximum absolute atomic E-state index is 12.7. The molecule has 2 rings (SSSR count). The minimum Gasteiger partial charge on any atom is -0.330 e. The molecule has 23 heavy (non-hydrogen) atoms. The van der Waals surface area contributed by atoms with Gasteiger partial charge >= 0.3 is 0 Å². The largest absolute Gasteiger partial charge is 0.330 e. The van der Waals surface area contributed by atoms with Crippen LogP contribution in [0.25, 0.3) is 0 Å². The van der Waals surface area contributed by atoms with Crippen molar-refractivity contribution in [1.29, 1.82) is 0 Å². The van der Waals surface area contributed by atoms with Gasteiger partial charge in [0.1, 0.15) is 6.04 Å². The normalized spacial score (nSPS) is 18.5. The summed E-state index contributed by atoms with van der Waals surface area (Å²) in [6, 6.07) is 8.69. The maximum atomic E-state index is 12.7. The number of nitrogens with zero attached hydrogens (tertiary/aromatic N) is 2. The van der Waals surface area contributed by atoms with Crippen molar-refractivity contribution in [3.63, 3.8) is 0 Å². The molecule has 1 aromatic rings. The van der Waals surface area contributed by atoms with Gasteiger partial charge in [-0.15, -0.1) is 12.4 Å². The molecule has 2 unspecified atom stereocenters. The molecule has 0 bridgehead atoms. The van der Waals surface area contributed by atoms with Crippen molar-refractivity contribution >= 4 is 29.9 Å². The first-order valence-electron chi connectivity index (χ1n) is 8.02. The zero-order valence-electron chi connectivity index (χ0n) is 13.8. The van der Waals surface area contributed by atoms with E-state index >= 15 is 0 Å². The highest BCUT2D eigenvalue weighted by molar-refractivity contribution is 6.01. The fourth-order valence-corrected chi connectivity index (χ4v) is 3.00. The summed E-state index contributed by atoms with van der Waals surface area (Å²) >= 11 is 0. The number of carbonyl (C=O) groups excluding carboxylic acids is 2. The second-order valence-electron chi connectivity index (χ2n) is 5.65. The van der Waals surface area contributed by atoms with Gasteiger partial charge in [0.05, 0.1) is 6.04 Å². The quantitative estimate of drug-likeness (QED) is 0.864. The molecular formula is C17H26ClN3O2. The number of carbonyl (C=O) groups is 2. The minimum absolute atomic E-state index is 0. The third kappa shape index (κ3) is 4.24. The third-order valence-corrected chi connectivity index (χ3v) is 4.16. The van der Waals surface area contributed by atoms with Gasteiger partial charge in [-0.25, -0.2) is 0 Å². The number of likely N-dealkylation sites (N-methyl/N-ethyl adjacent to an activating group) is 1. The predicted octanol–water partition coefficient (Wildman–Crippen LogP) is 2.19. The fraction of sp³-hybridized carbons (Fsp3) is 0.529. The van der Waals surface area contributed by atoms with Gasteiger partial charge in [-0.2, -0.15) is 0 Å². The Balaban J connectivity index is 0.00000264. The van der Waals surface area contributed by atoms with Crippen LogP contribution in [0.5, 0.6) is 0 Å². The van der Waals surface area contributed by atoms with Gasteiger partial charge in [0.15, 0.2) is 0 Å². The number of rotatable bonds is 6. The summed E-state index contributed by atoms with van der Waals surface area (Å²) in [5.41, 5.74) is 6.83. The Labute approximate surface area is 144 Å². The molecule has 0 radical (unpaired) electrons. The molecule has 2 amide bonds. The lowest BCUT2D eigenvalue weighted by atomic mass is 10.1. The molecular weight excluding hydrogens is 314 g/mol. The third-order valence-electron chi connectivity index (χ3n) is 4.16. The fourth-order valence-electron chi connectivity index (χ4n) is 3.00. The van der Waals surface area contributed by atoms with Gasteiger partial charge in [0, 0.05) is 18.8 Å². The molecule has 0 saturated carbocycles. The Morgan fingerprint density at radius 3 is 2.57 bits per heavy atom. The van der Waals surface area contributed by atoms with Gasteiger partial charge in [0.25, 0.3) is 0 Å². The summed E-state index contributed by atoms with van der Waals surface area (Å²) in [6.45, 7) is 5.05. The second-order valence-corrected chi connectivity index (χ2v) is 5.65. The van der Waals surface area contributed by atoms with Gasteiger partial charge in [-0.1, -0.05) is 31.5 Å². The van der Waals surface area contributed by atoms with Crippen molar-refractivity contribution < 1.29 is 9.59 Å². The Kier molecular flexibility index (Phi) is 7.52. The molecule has 1 aliphatic heterocycles. The van der Waals surface area contributed by atoms with Crippen LogP contribution in [0.3, 0.4) is 0 Å². The second kappa shape index (κ2) is 8.89. The lowest BCUT2D eigenvalue weighted by molar-refractivity contribution is -0.139. The Hall–Kier alpha value is -1.59. The topological polar surface area (TPSA) is 66.6 Å². The number of anilines is 1. The number of halogens is 1. The zero-order valence-corrected chi connectivity index (χ0v) is 14.6. The van der Waals surface area contributed by atoms with Gasteiger partial charge < -0.3 is 15.5 Å². The standard InChI is InChI=1S/C17H25N3O2.ClH/c1-3-8-14(18)16(21)19(4-2)15-11-12-20(17(15)22)13-9-6-5-7-10-13;/h5-7,9-10,14-15H,3-4,8,11-12,18H2,1-2H3;1H. The van der Waals surface area contributed by atoms with Crippen LogP contribution in [0, 0.1) is 0 Å². The number of hydrogen-bond donors (Lipinski definition) is 1. The molecule has 1 fully saturated rings. The predicted molar refractivity (Wildman–Crippen MR) is 94.7 cm³/mol. The van der Waals surface area contributed by atoms with E-state index in [1.165, 1.54) is 0 Å². The molecule has 1 aromatic carbocycles. The van der Waals surface area contributed by atoms with Gasteiger partial charge in [-0.3, -0.25) is 9.59 Å². The van der Waals surface area contributed by atoms with E-state index in [9.17, 15) is 9.59 Å². The molecule has 1 heterocycles. The molecule has 2 atom stereocenters. The van der Waals surface area contributed by atoms with Crippen molar-refractivity contribution in [1.82, 2.24) is 4.90 Å². The Morgan fingerprint density at radius 1 is 1.35 bits per heavy atom. The lowest BCUT2D eigenvalue weighted by Gasteiger charge is -2.29. The number of nitrogens with two attached hydrogens (primary N) is 1. The van der Waals surface area contributed by atoms with Crippen molar-refractivity contribution in [2.75, 3.05) is 18.0 Å². The SMILES string of the molecule is CCCC(N)C(=O)N(CC)C1CCN(c2ccccc2)C1=O.Cl. The summed E-state index contributed by atoms with van der Waals surface area (Å²) in [5, 5.41) is 0. The highest BCUT2D eigenvalue weighted by Gasteiger charge is 2.39. The van der Waals surface area contributed by atoms with Crippen LogP contribution in [-0.2, 0) is 9.59 Å². The van der Waals surface area contributed by atoms with Crippen LogP contribution in [-0.4, -0.2) is 41.9 Å². The van der Waals surface area contributed by atoms with Crippen LogP contribution in [0.15, 0.2) is 30.3 Å². The van der Waals surface area contributed by atoms with E-state index in [-0.39, 0.29) is 30.3 Å². The highest BCUT2D eigenvalue weighted by atomic mass is 35.5. The highest BCUT2D eigenvalue weighted by Crippen LogP contribution is 2.24. The van der Waals surface area contributed by atoms with E-state index in [0.29, 0.717) is 25.9 Å². The van der Waals surface area contributed by atoms with E-state index in [2.05, 4.69) is 0 Å². The van der Waals surface area contributed by atoms with Crippen molar-refractivity contribution in [2.45, 2.75) is 45.2 Å². The van der Waals surface area contributed by atoms with E-state index in [0.717, 1.165) is 12.1 Å². The molecule has 5 nitrogen and oxygen atoms in total. The Bertz CT molecular complexity index is 524. The smallest absolute Gasteiger partial charge is 0.249 e. The molecule has 1 saturated heterocycles. The van der Waals surface area contributed by atoms with Crippen molar-refractivity contribution in [3.05, 3.63) is 30.3 Å². The lowest BCUT2D eigenvalue weighted by Crippen LogP contribution is -2.51. The number of amides is 2. The first-order chi connectivity index (χ1) is 10.6. The summed E-state index contributed by atoms with van der Waals surface area (Å²) in [7, 11) is 0. The van der Waals surface area contributed by atoms with E-state index in [1.54, 1.807) is 9.80 Å². The summed E-state index contributed by atoms with van der Waals surface area (Å²) in [5.74, 6) is -0.122. The zero-order chi connectivity index (χ0) is 16.1. The first kappa shape index (κ1) is 19.5. The minimum atomic E-state index is -0.511. The van der Waals surface area contributed by atoms with E-state index in [1.807, 2.05) is 44.2 Å². The molecule has 0 spiro atoms. The van der Waals surface area contributed by atoms with Gasteiger partial charge in [0.2, 0.25) is 11.8 Å². The molecule has 6 heteroatoms. The molecule has 2 N–H and O–H groups in total. The van der Waals surface area contributed by atoms with Crippen molar-refractivity contribution in [2.24, 2.45) is 5.73 Å². The average Bonchev–Trinajstić information content (AvgIpc) is 2.91. The van der Waals surface area contributed by atoms with Gasteiger partial charge in [-0.05, 0) is 31.9 Å². The molecule has 1 aliphatic rings. The Morgan fingerprint density at radius 2 is 2.00 bits per heavy atom. The van der Waals surface area contributed by atoms with Crippen LogP contribution >= 0.6 is 12.4 Å². The summed E-state index contributed by atoms with van der Waals surface area (Å²) in [4.78, 5) is 28.6. The number of para-hydroxylation sites is 1. The van der Waals surface area contributed by atoms with Crippen LogP contribution in [0.1, 0.15) is 33.1 Å². The average molecular weight is 340 g/mol. The van der Waals surface area contributed by atoms with Crippen LogP contribution in [0.2, 0.25) is 0 Å². The van der Waals surface area contributed by atoms with Crippen LogP contribution < -0.4 is 10.6 Å². The summed E-state index contributed by atoms with van der Waals surface area (Å²) < 4.78 is 0. The van der Waals surface area contributed by atoms with Crippen molar-refractivity contribution in [3.8, 4) is 0 Å². The summed E-state index contributed by atoms with van der Waals surface area (Å²) in [6.07, 6.45) is 2.17. The molecule has 0 aromatic heterocycles. The monoisotopic (exact) mass is 339 g/mol. The first-order valence-corrected chi connectivity index (χ1v) is 8.02.